The van der Waals surface area contributed by atoms with Gasteiger partial charge in [-0.3, -0.25) is 14.6 Å². The van der Waals surface area contributed by atoms with Gasteiger partial charge in [0.05, 0.1) is 6.61 Å². The van der Waals surface area contributed by atoms with Gasteiger partial charge in [-0.25, -0.2) is 0 Å². The third kappa shape index (κ3) is 5.13. The number of carbonyl (C=O) groups is 2. The molecule has 2 heterocycles. The van der Waals surface area contributed by atoms with Crippen molar-refractivity contribution in [3.63, 3.8) is 0 Å². The molecule has 1 saturated heterocycles. The number of carbonyl (C=O) groups excluding carboxylic acids is 2. The number of amides is 2. The largest absolute Gasteiger partial charge is 0.367 e. The van der Waals surface area contributed by atoms with Gasteiger partial charge in [0, 0.05) is 37.1 Å². The quantitative estimate of drug-likeness (QED) is 0.862. The summed E-state index contributed by atoms with van der Waals surface area (Å²) in [7, 11) is 0. The van der Waals surface area contributed by atoms with Crippen LogP contribution >= 0.6 is 0 Å². The monoisotopic (exact) mass is 353 g/mol. The van der Waals surface area contributed by atoms with E-state index in [-0.39, 0.29) is 24.5 Å². The van der Waals surface area contributed by atoms with E-state index in [1.54, 1.807) is 24.5 Å². The van der Waals surface area contributed by atoms with Gasteiger partial charge in [-0.05, 0) is 30.5 Å². The molecule has 136 valence electrons. The number of benzene rings is 1. The summed E-state index contributed by atoms with van der Waals surface area (Å²) in [4.78, 5) is 30.2. The molecule has 6 nitrogen and oxygen atoms in total. The van der Waals surface area contributed by atoms with Gasteiger partial charge in [-0.2, -0.15) is 0 Å². The molecule has 1 aliphatic heterocycles. The Kier molecular flexibility index (Phi) is 6.33. The number of nitrogens with zero attached hydrogens (tertiary/aromatic N) is 2. The minimum absolute atomic E-state index is 0.0170. The number of nitrogens with one attached hydrogen (secondary N) is 1. The van der Waals surface area contributed by atoms with Crippen LogP contribution in [-0.2, 0) is 16.1 Å². The van der Waals surface area contributed by atoms with Crippen molar-refractivity contribution in [2.24, 2.45) is 0 Å². The van der Waals surface area contributed by atoms with E-state index in [0.29, 0.717) is 25.3 Å². The van der Waals surface area contributed by atoms with Crippen molar-refractivity contribution in [1.82, 2.24) is 15.2 Å². The predicted octanol–water partition coefficient (Wildman–Crippen LogP) is 2.02. The Morgan fingerprint density at radius 1 is 1.08 bits per heavy atom. The Bertz CT molecular complexity index is 714. The molecule has 1 aromatic carbocycles. The van der Waals surface area contributed by atoms with Crippen LogP contribution in [0.4, 0.5) is 0 Å². The van der Waals surface area contributed by atoms with Gasteiger partial charge in [0.1, 0.15) is 6.61 Å². The van der Waals surface area contributed by atoms with Crippen LogP contribution in [-0.4, -0.2) is 47.4 Å². The van der Waals surface area contributed by atoms with E-state index < -0.39 is 0 Å². The molecule has 2 aromatic rings. The maximum atomic E-state index is 12.4. The highest BCUT2D eigenvalue weighted by Gasteiger charge is 2.24. The van der Waals surface area contributed by atoms with Gasteiger partial charge in [0.15, 0.2) is 0 Å². The lowest BCUT2D eigenvalue weighted by molar-refractivity contribution is -0.127. The van der Waals surface area contributed by atoms with Crippen molar-refractivity contribution < 1.29 is 14.3 Å². The molecule has 0 saturated carbocycles. The molecule has 6 heteroatoms. The maximum Gasteiger partial charge on any atom is 0.253 e. The van der Waals surface area contributed by atoms with Crippen LogP contribution in [0.25, 0.3) is 0 Å². The Morgan fingerprint density at radius 3 is 2.46 bits per heavy atom. The third-order valence-corrected chi connectivity index (χ3v) is 4.42. The molecule has 0 spiro atoms. The lowest BCUT2D eigenvalue weighted by Crippen LogP contribution is -2.47. The van der Waals surface area contributed by atoms with Crippen molar-refractivity contribution in [3.8, 4) is 0 Å². The first-order valence-corrected chi connectivity index (χ1v) is 8.83. The summed E-state index contributed by atoms with van der Waals surface area (Å²) in [6.45, 7) is 1.74. The number of rotatable bonds is 6. The zero-order valence-corrected chi connectivity index (χ0v) is 14.6. The highest BCUT2D eigenvalue weighted by atomic mass is 16.5. The van der Waals surface area contributed by atoms with Gasteiger partial charge in [-0.15, -0.1) is 0 Å². The number of likely N-dealkylation sites (tertiary alicyclic amines) is 1. The second kappa shape index (κ2) is 9.10. The molecule has 1 N–H and O–H groups in total. The summed E-state index contributed by atoms with van der Waals surface area (Å²) in [5, 5.41) is 2.99. The van der Waals surface area contributed by atoms with E-state index >= 15 is 0 Å². The molecule has 2 amide bonds. The van der Waals surface area contributed by atoms with Crippen molar-refractivity contribution in [2.75, 3.05) is 19.7 Å². The SMILES string of the molecule is O=C(COCc1ccccc1)NC1CCN(C(=O)c2ccncc2)CC1. The average molecular weight is 353 g/mol. The number of pyridine rings is 1. The van der Waals surface area contributed by atoms with Gasteiger partial charge in [0.2, 0.25) is 5.91 Å². The van der Waals surface area contributed by atoms with E-state index in [2.05, 4.69) is 10.3 Å². The van der Waals surface area contributed by atoms with E-state index in [0.717, 1.165) is 18.4 Å². The fourth-order valence-corrected chi connectivity index (χ4v) is 3.01. The smallest absolute Gasteiger partial charge is 0.253 e. The molecule has 0 radical (unpaired) electrons. The van der Waals surface area contributed by atoms with Crippen molar-refractivity contribution in [1.29, 1.82) is 0 Å². The second-order valence-electron chi connectivity index (χ2n) is 6.35. The molecular formula is C20H23N3O3. The summed E-state index contributed by atoms with van der Waals surface area (Å²) in [5.74, 6) is -0.0942. The lowest BCUT2D eigenvalue weighted by Gasteiger charge is -2.32. The fourth-order valence-electron chi connectivity index (χ4n) is 3.01. The molecule has 26 heavy (non-hydrogen) atoms. The van der Waals surface area contributed by atoms with Gasteiger partial charge >= 0.3 is 0 Å². The van der Waals surface area contributed by atoms with Crippen LogP contribution in [0.3, 0.4) is 0 Å². The van der Waals surface area contributed by atoms with Crippen molar-refractivity contribution in [3.05, 3.63) is 66.0 Å². The number of piperidine rings is 1. The minimum Gasteiger partial charge on any atom is -0.367 e. The second-order valence-corrected chi connectivity index (χ2v) is 6.35. The summed E-state index contributed by atoms with van der Waals surface area (Å²) >= 11 is 0. The van der Waals surface area contributed by atoms with Crippen LogP contribution < -0.4 is 5.32 Å². The topological polar surface area (TPSA) is 71.5 Å². The van der Waals surface area contributed by atoms with E-state index in [1.807, 2.05) is 35.2 Å². The highest BCUT2D eigenvalue weighted by molar-refractivity contribution is 5.94. The maximum absolute atomic E-state index is 12.4. The van der Waals surface area contributed by atoms with E-state index in [9.17, 15) is 9.59 Å². The normalized spacial score (nSPS) is 14.8. The van der Waals surface area contributed by atoms with Crippen LogP contribution in [0.5, 0.6) is 0 Å². The van der Waals surface area contributed by atoms with Crippen molar-refractivity contribution >= 4 is 11.8 Å². The molecule has 1 aliphatic rings. The molecule has 1 aromatic heterocycles. The number of ether oxygens (including phenoxy) is 1. The van der Waals surface area contributed by atoms with Crippen LogP contribution in [0.1, 0.15) is 28.8 Å². The van der Waals surface area contributed by atoms with E-state index in [1.165, 1.54) is 0 Å². The zero-order valence-electron chi connectivity index (χ0n) is 14.6. The van der Waals surface area contributed by atoms with Gasteiger partial charge in [0.25, 0.3) is 5.91 Å². The van der Waals surface area contributed by atoms with Gasteiger partial charge in [-0.1, -0.05) is 30.3 Å². The van der Waals surface area contributed by atoms with E-state index in [4.69, 9.17) is 4.74 Å². The Morgan fingerprint density at radius 2 is 1.77 bits per heavy atom. The minimum atomic E-state index is -0.111. The van der Waals surface area contributed by atoms with Crippen LogP contribution in [0.2, 0.25) is 0 Å². The Balaban J connectivity index is 1.37. The molecule has 0 bridgehead atoms. The molecular weight excluding hydrogens is 330 g/mol. The number of aromatic nitrogens is 1. The van der Waals surface area contributed by atoms with Crippen LogP contribution in [0, 0.1) is 0 Å². The summed E-state index contributed by atoms with van der Waals surface area (Å²) in [6.07, 6.45) is 4.74. The molecule has 0 atom stereocenters. The Hall–Kier alpha value is -2.73. The fraction of sp³-hybridized carbons (Fsp3) is 0.350. The zero-order chi connectivity index (χ0) is 18.2. The first-order valence-electron chi connectivity index (χ1n) is 8.83. The number of hydrogen-bond acceptors (Lipinski definition) is 4. The van der Waals surface area contributed by atoms with Crippen molar-refractivity contribution in [2.45, 2.75) is 25.5 Å². The summed E-state index contributed by atoms with van der Waals surface area (Å²) < 4.78 is 5.46. The molecule has 1 fully saturated rings. The van der Waals surface area contributed by atoms with Gasteiger partial charge < -0.3 is 15.0 Å². The van der Waals surface area contributed by atoms with Crippen LogP contribution in [0.15, 0.2) is 54.9 Å². The lowest BCUT2D eigenvalue weighted by atomic mass is 10.0. The molecule has 0 unspecified atom stereocenters. The number of hydrogen-bond donors (Lipinski definition) is 1. The molecule has 0 aliphatic carbocycles. The standard InChI is InChI=1S/C20H23N3O3/c24-19(15-26-14-16-4-2-1-3-5-16)22-18-8-12-23(13-9-18)20(25)17-6-10-21-11-7-17/h1-7,10-11,18H,8-9,12-15H2,(H,22,24). The highest BCUT2D eigenvalue weighted by Crippen LogP contribution is 2.13. The third-order valence-electron chi connectivity index (χ3n) is 4.42. The Labute approximate surface area is 153 Å². The first-order chi connectivity index (χ1) is 12.7. The average Bonchev–Trinajstić information content (AvgIpc) is 2.69. The molecule has 3 rings (SSSR count). The predicted molar refractivity (Wildman–Crippen MR) is 97.4 cm³/mol. The summed E-state index contributed by atoms with van der Waals surface area (Å²) in [6, 6.07) is 13.3. The first kappa shape index (κ1) is 18.1. The summed E-state index contributed by atoms with van der Waals surface area (Å²) in [5.41, 5.74) is 1.69.